The minimum atomic E-state index is -0.601. The van der Waals surface area contributed by atoms with Gasteiger partial charge in [-0.15, -0.1) is 0 Å². The maximum absolute atomic E-state index is 13.0. The van der Waals surface area contributed by atoms with Gasteiger partial charge in [0.15, 0.2) is 0 Å². The fourth-order valence-electron chi connectivity index (χ4n) is 2.74. The van der Waals surface area contributed by atoms with Crippen LogP contribution in [0.4, 0.5) is 11.8 Å². The van der Waals surface area contributed by atoms with Gasteiger partial charge in [-0.1, -0.05) is 25.0 Å². The SMILES string of the molecule is CC(C)c1ccc2oc3nc(N)c(C(=O)Nc4nnn[nH]4)cc3c(=O)c2c1. The molecule has 4 aromatic rings. The quantitative estimate of drug-likeness (QED) is 0.465. The summed E-state index contributed by atoms with van der Waals surface area (Å²) in [5.41, 5.74) is 7.11. The Kier molecular flexibility index (Phi) is 3.80. The summed E-state index contributed by atoms with van der Waals surface area (Å²) in [5.74, 6) is -0.373. The molecule has 136 valence electrons. The molecule has 0 aliphatic carbocycles. The lowest BCUT2D eigenvalue weighted by Crippen LogP contribution is -2.17. The molecule has 0 fully saturated rings. The van der Waals surface area contributed by atoms with Gasteiger partial charge in [0.05, 0.1) is 16.3 Å². The Labute approximate surface area is 151 Å². The maximum Gasteiger partial charge on any atom is 0.261 e. The molecular weight excluding hydrogens is 350 g/mol. The first-order valence-electron chi connectivity index (χ1n) is 8.16. The molecule has 0 saturated carbocycles. The van der Waals surface area contributed by atoms with Crippen molar-refractivity contribution in [2.45, 2.75) is 19.8 Å². The zero-order chi connectivity index (χ0) is 19.1. The predicted octanol–water partition coefficient (Wildman–Crippen LogP) is 1.81. The van der Waals surface area contributed by atoms with Crippen LogP contribution in [0.25, 0.3) is 22.1 Å². The number of tetrazole rings is 1. The highest BCUT2D eigenvalue weighted by molar-refractivity contribution is 6.08. The second-order valence-corrected chi connectivity index (χ2v) is 6.32. The first kappa shape index (κ1) is 16.6. The van der Waals surface area contributed by atoms with E-state index in [0.717, 1.165) is 5.56 Å². The molecule has 27 heavy (non-hydrogen) atoms. The number of aromatic amines is 1. The average molecular weight is 365 g/mol. The molecule has 3 aromatic heterocycles. The first-order valence-corrected chi connectivity index (χ1v) is 8.16. The lowest BCUT2D eigenvalue weighted by atomic mass is 10.0. The number of amides is 1. The maximum atomic E-state index is 13.0. The Morgan fingerprint density at radius 1 is 1.26 bits per heavy atom. The Morgan fingerprint density at radius 3 is 2.78 bits per heavy atom. The van der Waals surface area contributed by atoms with Crippen molar-refractivity contribution >= 4 is 39.7 Å². The Balaban J connectivity index is 1.89. The molecule has 1 aromatic carbocycles. The number of benzene rings is 1. The Hall–Kier alpha value is -3.82. The van der Waals surface area contributed by atoms with E-state index < -0.39 is 5.91 Å². The van der Waals surface area contributed by atoms with E-state index in [9.17, 15) is 9.59 Å². The molecule has 10 heteroatoms. The number of nitrogens with one attached hydrogen (secondary N) is 2. The summed E-state index contributed by atoms with van der Waals surface area (Å²) in [6, 6.07) is 6.80. The smallest absolute Gasteiger partial charge is 0.261 e. The van der Waals surface area contributed by atoms with Crippen LogP contribution in [0.1, 0.15) is 35.7 Å². The molecule has 3 heterocycles. The van der Waals surface area contributed by atoms with Gasteiger partial charge in [0.1, 0.15) is 11.4 Å². The second-order valence-electron chi connectivity index (χ2n) is 6.32. The number of nitrogen functional groups attached to an aromatic ring is 1. The van der Waals surface area contributed by atoms with E-state index >= 15 is 0 Å². The predicted molar refractivity (Wildman–Crippen MR) is 98.4 cm³/mol. The molecule has 0 aliphatic heterocycles. The lowest BCUT2D eigenvalue weighted by molar-refractivity contribution is 0.102. The van der Waals surface area contributed by atoms with Gasteiger partial charge in [0.25, 0.3) is 5.91 Å². The van der Waals surface area contributed by atoms with Crippen molar-refractivity contribution in [2.24, 2.45) is 0 Å². The van der Waals surface area contributed by atoms with Crippen molar-refractivity contribution in [3.8, 4) is 0 Å². The van der Waals surface area contributed by atoms with Crippen LogP contribution in [0.15, 0.2) is 33.5 Å². The number of H-pyrrole nitrogens is 1. The zero-order valence-corrected chi connectivity index (χ0v) is 14.5. The molecule has 0 spiro atoms. The van der Waals surface area contributed by atoms with Crippen LogP contribution in [0.2, 0.25) is 0 Å². The fourth-order valence-corrected chi connectivity index (χ4v) is 2.74. The minimum Gasteiger partial charge on any atom is -0.437 e. The largest absolute Gasteiger partial charge is 0.437 e. The van der Waals surface area contributed by atoms with Gasteiger partial charge < -0.3 is 10.2 Å². The standard InChI is InChI=1S/C17H15N7O3/c1-7(2)8-3-4-12-9(5-8)13(25)10-6-11(14(18)19-16(10)27-12)15(26)20-17-21-23-24-22-17/h3-7H,1-2H3,(H2,18,19)(H2,20,21,22,23,24,26). The summed E-state index contributed by atoms with van der Waals surface area (Å²) >= 11 is 0. The third-order valence-corrected chi connectivity index (χ3v) is 4.21. The number of pyridine rings is 1. The van der Waals surface area contributed by atoms with E-state index in [1.54, 1.807) is 12.1 Å². The summed E-state index contributed by atoms with van der Waals surface area (Å²) in [7, 11) is 0. The van der Waals surface area contributed by atoms with Crippen LogP contribution in [0.5, 0.6) is 0 Å². The molecule has 0 atom stereocenters. The molecule has 0 bridgehead atoms. The van der Waals surface area contributed by atoms with E-state index in [2.05, 4.69) is 30.9 Å². The van der Waals surface area contributed by atoms with Crippen molar-refractivity contribution in [1.82, 2.24) is 25.6 Å². The molecule has 4 N–H and O–H groups in total. The van der Waals surface area contributed by atoms with E-state index in [1.807, 2.05) is 19.9 Å². The van der Waals surface area contributed by atoms with E-state index in [1.165, 1.54) is 6.07 Å². The Bertz CT molecular complexity index is 1230. The summed E-state index contributed by atoms with van der Waals surface area (Å²) < 4.78 is 5.72. The number of carbonyl (C=O) groups is 1. The molecule has 1 amide bonds. The van der Waals surface area contributed by atoms with E-state index in [4.69, 9.17) is 10.2 Å². The van der Waals surface area contributed by atoms with Crippen LogP contribution in [-0.2, 0) is 0 Å². The van der Waals surface area contributed by atoms with Crippen LogP contribution in [0, 0.1) is 0 Å². The van der Waals surface area contributed by atoms with Gasteiger partial charge >= 0.3 is 0 Å². The number of fused-ring (bicyclic) bond motifs is 2. The van der Waals surface area contributed by atoms with E-state index in [0.29, 0.717) is 11.0 Å². The van der Waals surface area contributed by atoms with Crippen LogP contribution < -0.4 is 16.5 Å². The van der Waals surface area contributed by atoms with Crippen LogP contribution >= 0.6 is 0 Å². The summed E-state index contributed by atoms with van der Waals surface area (Å²) in [5, 5.41) is 15.7. The second kappa shape index (κ2) is 6.16. The third kappa shape index (κ3) is 2.86. The van der Waals surface area contributed by atoms with Gasteiger partial charge in [0.2, 0.25) is 17.1 Å². The topological polar surface area (TPSA) is 153 Å². The molecule has 10 nitrogen and oxygen atoms in total. The van der Waals surface area contributed by atoms with E-state index in [-0.39, 0.29) is 39.8 Å². The van der Waals surface area contributed by atoms with Crippen molar-refractivity contribution < 1.29 is 9.21 Å². The first-order chi connectivity index (χ1) is 12.9. The summed E-state index contributed by atoms with van der Waals surface area (Å²) in [4.78, 5) is 29.5. The molecule has 0 unspecified atom stereocenters. The number of hydrogen-bond donors (Lipinski definition) is 3. The number of nitrogens with two attached hydrogens (primary N) is 1. The monoisotopic (exact) mass is 365 g/mol. The van der Waals surface area contributed by atoms with Gasteiger partial charge in [-0.3, -0.25) is 14.9 Å². The normalized spacial score (nSPS) is 11.4. The molecule has 0 saturated heterocycles. The van der Waals surface area contributed by atoms with Crippen molar-refractivity contribution in [3.63, 3.8) is 0 Å². The summed E-state index contributed by atoms with van der Waals surface area (Å²) in [6.45, 7) is 4.07. The van der Waals surface area contributed by atoms with Crippen LogP contribution in [-0.4, -0.2) is 31.5 Å². The Morgan fingerprint density at radius 2 is 2.07 bits per heavy atom. The van der Waals surface area contributed by atoms with Gasteiger partial charge in [0, 0.05) is 0 Å². The average Bonchev–Trinajstić information content (AvgIpc) is 3.14. The number of anilines is 2. The van der Waals surface area contributed by atoms with Gasteiger partial charge in [-0.05, 0) is 40.1 Å². The van der Waals surface area contributed by atoms with Crippen molar-refractivity contribution in [1.29, 1.82) is 0 Å². The third-order valence-electron chi connectivity index (χ3n) is 4.21. The zero-order valence-electron chi connectivity index (χ0n) is 14.5. The van der Waals surface area contributed by atoms with Gasteiger partial charge in [-0.2, -0.15) is 4.98 Å². The number of hydrogen-bond acceptors (Lipinski definition) is 8. The molecule has 4 rings (SSSR count). The molecule has 0 aliphatic rings. The molecular formula is C17H15N7O3. The van der Waals surface area contributed by atoms with Crippen molar-refractivity contribution in [2.75, 3.05) is 11.1 Å². The van der Waals surface area contributed by atoms with Gasteiger partial charge in [-0.25, -0.2) is 5.10 Å². The highest BCUT2D eigenvalue weighted by Gasteiger charge is 2.18. The number of rotatable bonds is 3. The molecule has 0 radical (unpaired) electrons. The van der Waals surface area contributed by atoms with Crippen molar-refractivity contribution in [3.05, 3.63) is 45.6 Å². The number of aromatic nitrogens is 5. The number of nitrogens with zero attached hydrogens (tertiary/aromatic N) is 4. The number of carbonyl (C=O) groups excluding carboxylic acids is 1. The minimum absolute atomic E-state index is 0.0190. The lowest BCUT2D eigenvalue weighted by Gasteiger charge is -2.09. The summed E-state index contributed by atoms with van der Waals surface area (Å²) in [6.07, 6.45) is 0. The highest BCUT2D eigenvalue weighted by Crippen LogP contribution is 2.24. The fraction of sp³-hybridized carbons (Fsp3) is 0.176. The highest BCUT2D eigenvalue weighted by atomic mass is 16.3. The van der Waals surface area contributed by atoms with Crippen LogP contribution in [0.3, 0.4) is 0 Å².